The van der Waals surface area contributed by atoms with E-state index >= 15 is 0 Å². The molecule has 13 nitrogen and oxygen atoms in total. The van der Waals surface area contributed by atoms with Crippen molar-refractivity contribution in [3.05, 3.63) is 51.1 Å². The van der Waals surface area contributed by atoms with E-state index in [1.165, 1.54) is 77.0 Å². The van der Waals surface area contributed by atoms with Crippen molar-refractivity contribution in [1.29, 1.82) is 0 Å². The lowest BCUT2D eigenvalue weighted by molar-refractivity contribution is -0.311. The number of methoxy groups -OCH3 is 2. The van der Waals surface area contributed by atoms with Gasteiger partial charge in [-0.25, -0.2) is 0 Å². The number of nitrogens with zero attached hydrogens (tertiary/aromatic N) is 1. The molecule has 12 rings (SSSR count). The molecule has 16 atom stereocenters. The van der Waals surface area contributed by atoms with Crippen molar-refractivity contribution in [2.24, 2.45) is 34.5 Å². The van der Waals surface area contributed by atoms with E-state index < -0.39 is 64.9 Å². The van der Waals surface area contributed by atoms with E-state index in [-0.39, 0.29) is 52.2 Å². The number of hydrogen-bond donors (Lipinski definition) is 5. The normalized spacial score (nSPS) is 43.8. The number of hydrogen-bond acceptors (Lipinski definition) is 14. The summed E-state index contributed by atoms with van der Waals surface area (Å²) in [6.45, 7) is 8.51. The second kappa shape index (κ2) is 15.9. The molecule has 0 amide bonds. The van der Waals surface area contributed by atoms with Crippen LogP contribution in [0.15, 0.2) is 12.1 Å². The van der Waals surface area contributed by atoms with Crippen molar-refractivity contribution in [2.75, 3.05) is 28.3 Å². The van der Waals surface area contributed by atoms with Gasteiger partial charge in [-0.05, 0) is 144 Å². The first kappa shape index (κ1) is 46.6. The number of ether oxygens (including phenoxy) is 5. The fourth-order valence-corrected chi connectivity index (χ4v) is 17.3. The van der Waals surface area contributed by atoms with Crippen LogP contribution in [-0.2, 0) is 31.0 Å². The summed E-state index contributed by atoms with van der Waals surface area (Å²) in [6.07, 6.45) is 12.5. The number of thioether (sulfide) groups is 1. The van der Waals surface area contributed by atoms with E-state index in [0.717, 1.165) is 47.0 Å². The molecule has 7 fully saturated rings. The predicted molar refractivity (Wildman–Crippen MR) is 249 cm³/mol. The zero-order valence-corrected chi connectivity index (χ0v) is 41.2. The molecule has 67 heavy (non-hydrogen) atoms. The van der Waals surface area contributed by atoms with E-state index in [4.69, 9.17) is 23.7 Å². The largest absolute Gasteiger partial charge is 0.507 e. The number of aliphatic hydroxyl groups is 3. The van der Waals surface area contributed by atoms with Crippen LogP contribution in [0.25, 0.3) is 0 Å². The van der Waals surface area contributed by atoms with Gasteiger partial charge in [-0.1, -0.05) is 13.8 Å². The quantitative estimate of drug-likeness (QED) is 0.127. The second-order valence-corrected chi connectivity index (χ2v) is 24.9. The number of aliphatic hydroxyl groups excluding tert-OH is 2. The fraction of sp³-hybridized carbons (Fsp3) is 0.736. The highest BCUT2D eigenvalue weighted by atomic mass is 32.2. The summed E-state index contributed by atoms with van der Waals surface area (Å²) >= 11 is 2.31. The zero-order chi connectivity index (χ0) is 47.5. The van der Waals surface area contributed by atoms with Gasteiger partial charge in [0.2, 0.25) is 12.1 Å². The summed E-state index contributed by atoms with van der Waals surface area (Å²) in [5.41, 5.74) is -1.67. The first-order valence-electron chi connectivity index (χ1n) is 25.1. The van der Waals surface area contributed by atoms with Crippen molar-refractivity contribution in [1.82, 2.24) is 4.90 Å². The van der Waals surface area contributed by atoms with E-state index in [2.05, 4.69) is 25.6 Å². The Balaban J connectivity index is 0.000000155. The molecular weight excluding hydrogens is 875 g/mol. The number of ketones is 2. The molecule has 3 heterocycles. The molecule has 5 saturated carbocycles. The number of rotatable bonds is 5. The van der Waals surface area contributed by atoms with Crippen LogP contribution in [0, 0.1) is 34.5 Å². The fourth-order valence-electron chi connectivity index (χ4n) is 16.0. The summed E-state index contributed by atoms with van der Waals surface area (Å²) in [7, 11) is 6.68. The molecule has 10 aliphatic rings. The Hall–Kier alpha value is -2.79. The van der Waals surface area contributed by atoms with Crippen molar-refractivity contribution in [2.45, 2.75) is 182 Å². The van der Waals surface area contributed by atoms with Crippen LogP contribution in [-0.4, -0.2) is 123 Å². The first-order valence-corrected chi connectivity index (χ1v) is 26.0. The van der Waals surface area contributed by atoms with Gasteiger partial charge in [0.05, 0.1) is 40.5 Å². The number of aromatic hydroxyl groups is 2. The van der Waals surface area contributed by atoms with Gasteiger partial charge in [0.25, 0.3) is 0 Å². The van der Waals surface area contributed by atoms with Crippen LogP contribution in [0.1, 0.15) is 166 Å². The van der Waals surface area contributed by atoms with Gasteiger partial charge in [-0.15, -0.1) is 0 Å². The second-order valence-electron chi connectivity index (χ2n) is 23.5. The molecule has 0 aromatic heterocycles. The first-order chi connectivity index (χ1) is 31.7. The molecule has 2 aromatic carbocycles. The lowest BCUT2D eigenvalue weighted by Gasteiger charge is -2.60. The number of phenolic OH excluding ortho intramolecular Hbond substituents is 2. The highest BCUT2D eigenvalue weighted by molar-refractivity contribution is 8.07. The number of carbonyl (C=O) groups is 2. The Bertz CT molecular complexity index is 2380. The Morgan fingerprint density at radius 3 is 2.27 bits per heavy atom. The summed E-state index contributed by atoms with van der Waals surface area (Å²) in [5.74, 6) is 1.09. The molecule has 2 bridgehead atoms. The van der Waals surface area contributed by atoms with Crippen LogP contribution in [0.4, 0.5) is 0 Å². The zero-order valence-electron chi connectivity index (χ0n) is 40.4. The van der Waals surface area contributed by atoms with E-state index in [1.54, 1.807) is 39.3 Å². The minimum absolute atomic E-state index is 0.0835. The average molecular weight is 946 g/mol. The maximum atomic E-state index is 14.1. The third-order valence-electron chi connectivity index (χ3n) is 19.6. The van der Waals surface area contributed by atoms with Gasteiger partial charge in [-0.2, -0.15) is 11.8 Å². The maximum Gasteiger partial charge on any atom is 0.228 e. The maximum absolute atomic E-state index is 14.1. The Morgan fingerprint density at radius 1 is 0.836 bits per heavy atom. The standard InChI is InChI=1S/C28H31NO10.C25H40O2S/c1-27(36)8-10-6-11-16(21(32)15(10)14(9-27)37-5)22(33)17-13(30)7-12-24(18(17)20(11)31)38-26-23(34)19(29(3)4)25(35)28(12,2)39-26;1-23-13-10-19-17(7-6-16-14-20-21(28-20)15-24(16,19)2)18(23)8-9-22(23)27-25(26-3)11-4-5-12-25/h6-7,14,19,23,25-26,30,32,34-36H,8-9H2,1-5H3;16-22H,4-15H2,1-3H3/t14-,19+,23+,25-,26-,27-,28-;16-,17-,18-,19-,20-,21+,22-,23-,24-/m10/s1. The molecule has 2 aromatic rings. The molecule has 0 spiro atoms. The third-order valence-corrected chi connectivity index (χ3v) is 21.0. The van der Waals surface area contributed by atoms with Crippen LogP contribution in [0.5, 0.6) is 17.2 Å². The Labute approximate surface area is 398 Å². The molecule has 5 N–H and O–H groups in total. The summed E-state index contributed by atoms with van der Waals surface area (Å²) in [4.78, 5) is 29.5. The highest BCUT2D eigenvalue weighted by Gasteiger charge is 2.65. The topological polar surface area (TPSA) is 185 Å². The molecule has 7 aliphatic carbocycles. The van der Waals surface area contributed by atoms with Gasteiger partial charge in [0.1, 0.15) is 35.1 Å². The summed E-state index contributed by atoms with van der Waals surface area (Å²) in [5, 5.41) is 57.4. The average Bonchev–Trinajstić information content (AvgIpc) is 3.70. The molecule has 3 aliphatic heterocycles. The molecule has 0 unspecified atom stereocenters. The predicted octanol–water partition coefficient (Wildman–Crippen LogP) is 7.30. The molecular formula is C53H71NO12S. The molecule has 14 heteroatoms. The molecule has 0 radical (unpaired) electrons. The van der Waals surface area contributed by atoms with Gasteiger partial charge >= 0.3 is 0 Å². The van der Waals surface area contributed by atoms with E-state index in [0.29, 0.717) is 28.1 Å². The van der Waals surface area contributed by atoms with Crippen LogP contribution < -0.4 is 4.74 Å². The van der Waals surface area contributed by atoms with Crippen LogP contribution in [0.2, 0.25) is 0 Å². The van der Waals surface area contributed by atoms with Gasteiger partial charge in [0, 0.05) is 67.1 Å². The number of fused-ring (bicyclic) bond motifs is 14. The van der Waals surface area contributed by atoms with Crippen LogP contribution in [0.3, 0.4) is 0 Å². The van der Waals surface area contributed by atoms with Crippen molar-refractivity contribution >= 4 is 23.3 Å². The number of carbonyl (C=O) groups excluding carboxylic acids is 2. The number of benzene rings is 2. The lowest BCUT2D eigenvalue weighted by Crippen LogP contribution is -2.68. The monoisotopic (exact) mass is 945 g/mol. The summed E-state index contributed by atoms with van der Waals surface area (Å²) < 4.78 is 30.3. The van der Waals surface area contributed by atoms with Gasteiger partial charge < -0.3 is 54.1 Å². The number of phenols is 2. The highest BCUT2D eigenvalue weighted by Crippen LogP contribution is 2.70. The molecule has 366 valence electrons. The van der Waals surface area contributed by atoms with Crippen molar-refractivity contribution in [3.8, 4) is 17.2 Å². The summed E-state index contributed by atoms with van der Waals surface area (Å²) in [6, 6.07) is 1.90. The van der Waals surface area contributed by atoms with Crippen molar-refractivity contribution in [3.63, 3.8) is 0 Å². The minimum atomic E-state index is -1.50. The SMILES string of the molecule is COC1(O[C@H]2CC[C@H]3[C@@H]4CC[C@H]5C[C@@H]6S[C@@H]6C[C@]5(C)[C@H]4CC[C@]23C)CCCC1.CO[C@@H]1C[C@](C)(O)Cc2cc3c(c(O)c21)C(=O)c1c(O)cc2c(c1C3=O)O[C@@H]1O[C@@]2(C)[C@H](O)[C@@H](N(C)C)[C@@H]1O. The smallest absolute Gasteiger partial charge is 0.228 e. The molecule has 2 saturated heterocycles. The van der Waals surface area contributed by atoms with Gasteiger partial charge in [0.15, 0.2) is 11.6 Å². The minimum Gasteiger partial charge on any atom is -0.507 e. The van der Waals surface area contributed by atoms with E-state index in [1.807, 2.05) is 7.11 Å². The number of likely N-dealkylation sites (N-methyl/N-ethyl adjacent to an activating group) is 1. The van der Waals surface area contributed by atoms with Crippen LogP contribution >= 0.6 is 11.8 Å². The van der Waals surface area contributed by atoms with Gasteiger partial charge in [-0.3, -0.25) is 9.59 Å². The third kappa shape index (κ3) is 6.83. The van der Waals surface area contributed by atoms with Crippen molar-refractivity contribution < 1.29 is 58.8 Å². The Morgan fingerprint density at radius 2 is 1.57 bits per heavy atom. The van der Waals surface area contributed by atoms with E-state index in [9.17, 15) is 35.1 Å². The lowest BCUT2D eigenvalue weighted by atomic mass is 9.45. The Kier molecular flexibility index (Phi) is 11.0.